The summed E-state index contributed by atoms with van der Waals surface area (Å²) in [4.78, 5) is 2.46. The van der Waals surface area contributed by atoms with E-state index in [1.54, 1.807) is 0 Å². The molecule has 1 N–H and O–H groups in total. The van der Waals surface area contributed by atoms with Crippen molar-refractivity contribution < 1.29 is 5.11 Å². The lowest BCUT2D eigenvalue weighted by Gasteiger charge is -2.33. The zero-order chi connectivity index (χ0) is 42.1. The van der Waals surface area contributed by atoms with Gasteiger partial charge in [-0.3, -0.25) is 0 Å². The summed E-state index contributed by atoms with van der Waals surface area (Å²) in [6.45, 7) is 15.3. The fourth-order valence-corrected chi connectivity index (χ4v) is 10.9. The smallest absolute Gasteiger partial charge is 0.0840 e. The summed E-state index contributed by atoms with van der Waals surface area (Å²) in [5, 5.41) is 10.6. The van der Waals surface area contributed by atoms with Gasteiger partial charge in [-0.1, -0.05) is 174 Å². The third kappa shape index (κ3) is 5.45. The molecular formula is C59H51NO. The van der Waals surface area contributed by atoms with Crippen molar-refractivity contribution in [2.24, 2.45) is 0 Å². The van der Waals surface area contributed by atoms with Crippen LogP contribution in [0, 0.1) is 0 Å². The highest BCUT2D eigenvalue weighted by Gasteiger charge is 2.52. The van der Waals surface area contributed by atoms with Crippen molar-refractivity contribution in [2.45, 2.75) is 70.3 Å². The number of benzene rings is 8. The molecule has 0 bridgehead atoms. The molecule has 0 amide bonds. The van der Waals surface area contributed by atoms with Crippen LogP contribution in [0.2, 0.25) is 0 Å². The van der Waals surface area contributed by atoms with Crippen LogP contribution in [-0.2, 0) is 21.8 Å². The van der Waals surface area contributed by atoms with Gasteiger partial charge in [-0.05, 0) is 145 Å². The van der Waals surface area contributed by atoms with Crippen molar-refractivity contribution in [2.75, 3.05) is 4.90 Å². The van der Waals surface area contributed by atoms with Crippen LogP contribution in [-0.4, -0.2) is 5.11 Å². The van der Waals surface area contributed by atoms with Gasteiger partial charge in [0.05, 0.1) is 11.0 Å². The van der Waals surface area contributed by atoms with Crippen LogP contribution in [0.1, 0.15) is 93.0 Å². The Morgan fingerprint density at radius 1 is 0.377 bits per heavy atom. The number of nitrogens with zero attached hydrogens (tertiary/aromatic N) is 1. The molecule has 3 aliphatic rings. The third-order valence-electron chi connectivity index (χ3n) is 14.1. The molecule has 0 heterocycles. The molecule has 1 unspecified atom stereocenters. The van der Waals surface area contributed by atoms with Crippen LogP contribution < -0.4 is 4.90 Å². The topological polar surface area (TPSA) is 23.5 Å². The molecule has 8 aromatic rings. The van der Waals surface area contributed by atoms with Gasteiger partial charge in [0, 0.05) is 22.5 Å². The molecule has 0 aliphatic heterocycles. The predicted octanol–water partition coefficient (Wildman–Crippen LogP) is 15.0. The van der Waals surface area contributed by atoms with E-state index in [1.807, 2.05) is 26.0 Å². The minimum absolute atomic E-state index is 0.00499. The Bertz CT molecular complexity index is 3050. The fourth-order valence-electron chi connectivity index (χ4n) is 10.9. The summed E-state index contributed by atoms with van der Waals surface area (Å²) in [7, 11) is 0. The number of rotatable bonds is 5. The minimum Gasteiger partial charge on any atom is -0.386 e. The Labute approximate surface area is 360 Å². The molecule has 1 spiro atoms. The maximum absolute atomic E-state index is 10.6. The minimum atomic E-state index is -0.887. The van der Waals surface area contributed by atoms with E-state index >= 15 is 0 Å². The summed E-state index contributed by atoms with van der Waals surface area (Å²) in [6.07, 6.45) is 0. The van der Waals surface area contributed by atoms with Crippen LogP contribution in [0.5, 0.6) is 0 Å². The Morgan fingerprint density at radius 3 is 1.39 bits per heavy atom. The highest BCUT2D eigenvalue weighted by molar-refractivity contribution is 5.97. The first-order valence-corrected chi connectivity index (χ1v) is 21.7. The molecule has 2 nitrogen and oxygen atoms in total. The lowest BCUT2D eigenvalue weighted by molar-refractivity contribution is 0.0786. The van der Waals surface area contributed by atoms with Crippen molar-refractivity contribution in [3.63, 3.8) is 0 Å². The highest BCUT2D eigenvalue weighted by Crippen LogP contribution is 2.64. The Morgan fingerprint density at radius 2 is 0.803 bits per heavy atom. The molecule has 2 heteroatoms. The Balaban J connectivity index is 1.14. The Hall–Kier alpha value is -6.48. The lowest BCUT2D eigenvalue weighted by Crippen LogP contribution is -2.27. The molecule has 3 aliphatic carbocycles. The van der Waals surface area contributed by atoms with Gasteiger partial charge in [-0.2, -0.15) is 0 Å². The monoisotopic (exact) mass is 789 g/mol. The average Bonchev–Trinajstić information content (AvgIpc) is 3.81. The van der Waals surface area contributed by atoms with Gasteiger partial charge >= 0.3 is 0 Å². The van der Waals surface area contributed by atoms with Crippen molar-refractivity contribution in [3.05, 3.63) is 220 Å². The molecule has 298 valence electrons. The zero-order valence-corrected chi connectivity index (χ0v) is 36.1. The molecule has 0 fully saturated rings. The van der Waals surface area contributed by atoms with E-state index in [2.05, 4.69) is 203 Å². The average molecular weight is 790 g/mol. The molecule has 8 aromatic carbocycles. The van der Waals surface area contributed by atoms with Gasteiger partial charge in [-0.25, -0.2) is 0 Å². The maximum atomic E-state index is 10.6. The van der Waals surface area contributed by atoms with E-state index in [-0.39, 0.29) is 10.8 Å². The maximum Gasteiger partial charge on any atom is 0.0840 e. The van der Waals surface area contributed by atoms with Crippen molar-refractivity contribution in [3.8, 4) is 44.5 Å². The summed E-state index contributed by atoms with van der Waals surface area (Å²) in [6, 6.07) is 65.9. The molecule has 1 atom stereocenters. The summed E-state index contributed by atoms with van der Waals surface area (Å²) in [5.74, 6) is 0. The highest BCUT2D eigenvalue weighted by atomic mass is 16.3. The van der Waals surface area contributed by atoms with Gasteiger partial charge in [-0.15, -0.1) is 0 Å². The Kier molecular flexibility index (Phi) is 8.00. The molecule has 0 saturated heterocycles. The fraction of sp³-hybridized carbons (Fsp3) is 0.186. The molecule has 0 radical (unpaired) electrons. The largest absolute Gasteiger partial charge is 0.386 e. The van der Waals surface area contributed by atoms with Crippen molar-refractivity contribution >= 4 is 17.1 Å². The van der Waals surface area contributed by atoms with E-state index in [0.717, 1.165) is 33.8 Å². The number of hydrogen-bond acceptors (Lipinski definition) is 2. The first-order valence-electron chi connectivity index (χ1n) is 21.7. The second-order valence-electron chi connectivity index (χ2n) is 19.5. The van der Waals surface area contributed by atoms with Crippen LogP contribution in [0.25, 0.3) is 44.5 Å². The molecule has 11 rings (SSSR count). The summed E-state index contributed by atoms with van der Waals surface area (Å²) in [5.41, 5.74) is 22.3. The molecular weight excluding hydrogens is 739 g/mol. The predicted molar refractivity (Wildman–Crippen MR) is 254 cm³/mol. The SMILES string of the molecule is CC(C)(C)c1ccc2c(c1)C1(c3ccccc3-c3ccc(N(c4ccc(-c5ccc(C(C)(C)O)cc5)cc4)c4ccc5c(c4)-c4ccccc4C5(C)C)cc31)c1ccccc1-2. The zero-order valence-electron chi connectivity index (χ0n) is 36.1. The summed E-state index contributed by atoms with van der Waals surface area (Å²) < 4.78 is 0. The van der Waals surface area contributed by atoms with Crippen LogP contribution in [0.3, 0.4) is 0 Å². The van der Waals surface area contributed by atoms with E-state index in [4.69, 9.17) is 0 Å². The normalized spacial score (nSPS) is 16.4. The number of fused-ring (bicyclic) bond motifs is 13. The lowest BCUT2D eigenvalue weighted by atomic mass is 9.69. The number of anilines is 3. The van der Waals surface area contributed by atoms with Gasteiger partial charge in [0.25, 0.3) is 0 Å². The van der Waals surface area contributed by atoms with E-state index < -0.39 is 11.0 Å². The van der Waals surface area contributed by atoms with E-state index in [9.17, 15) is 5.11 Å². The summed E-state index contributed by atoms with van der Waals surface area (Å²) >= 11 is 0. The number of hydrogen-bond donors (Lipinski definition) is 1. The standard InChI is InChI=1S/C59H51NO/c1-56(2,3)40-26-31-47-44-14-9-12-18-52(44)59(54(47)34-40)53-19-13-10-15-45(53)48-32-29-43(36-55(48)59)60(41-27-22-38(23-28-41)37-20-24-39(25-21-37)58(6,7)61)42-30-33-51-49(35-42)46-16-8-11-17-50(46)57(51,4)5/h8-36,61H,1-7H3. The first-order chi connectivity index (χ1) is 29.3. The second kappa shape index (κ2) is 13.0. The third-order valence-corrected chi connectivity index (χ3v) is 14.1. The van der Waals surface area contributed by atoms with E-state index in [0.29, 0.717) is 0 Å². The molecule has 0 saturated carbocycles. The van der Waals surface area contributed by atoms with Crippen molar-refractivity contribution in [1.29, 1.82) is 0 Å². The van der Waals surface area contributed by atoms with Gasteiger partial charge in [0.1, 0.15) is 0 Å². The first kappa shape index (κ1) is 37.5. The van der Waals surface area contributed by atoms with Gasteiger partial charge < -0.3 is 10.0 Å². The molecule has 0 aromatic heterocycles. The van der Waals surface area contributed by atoms with Crippen molar-refractivity contribution in [1.82, 2.24) is 0 Å². The quantitative estimate of drug-likeness (QED) is 0.188. The number of aliphatic hydroxyl groups is 1. The molecule has 61 heavy (non-hydrogen) atoms. The second-order valence-corrected chi connectivity index (χ2v) is 19.5. The van der Waals surface area contributed by atoms with Gasteiger partial charge in [0.2, 0.25) is 0 Å². The van der Waals surface area contributed by atoms with E-state index in [1.165, 1.54) is 72.3 Å². The van der Waals surface area contributed by atoms with Crippen LogP contribution >= 0.6 is 0 Å². The van der Waals surface area contributed by atoms with Gasteiger partial charge in [0.15, 0.2) is 0 Å². The van der Waals surface area contributed by atoms with Crippen LogP contribution in [0.4, 0.5) is 17.1 Å². The van der Waals surface area contributed by atoms with Crippen LogP contribution in [0.15, 0.2) is 176 Å².